The van der Waals surface area contributed by atoms with Crippen molar-refractivity contribution in [2.75, 3.05) is 0 Å². The quantitative estimate of drug-likeness (QED) is 0.241. The van der Waals surface area contributed by atoms with E-state index in [2.05, 4.69) is 73.7 Å². The Morgan fingerprint density at radius 2 is 1.26 bits per heavy atom. The molecule has 0 amide bonds. The van der Waals surface area contributed by atoms with Crippen molar-refractivity contribution in [1.82, 2.24) is 0 Å². The van der Waals surface area contributed by atoms with Crippen LogP contribution in [0.1, 0.15) is 55.0 Å². The van der Waals surface area contributed by atoms with Crippen molar-refractivity contribution >= 4 is 17.8 Å². The van der Waals surface area contributed by atoms with Gasteiger partial charge in [-0.1, -0.05) is 123 Å². The fourth-order valence-corrected chi connectivity index (χ4v) is 8.92. The van der Waals surface area contributed by atoms with Crippen LogP contribution in [-0.4, -0.2) is 0 Å². The summed E-state index contributed by atoms with van der Waals surface area (Å²) in [6.07, 6.45) is 6.53. The lowest BCUT2D eigenvalue weighted by molar-refractivity contribution is 0.569. The van der Waals surface area contributed by atoms with Gasteiger partial charge in [0.15, 0.2) is 0 Å². The Balaban J connectivity index is 1.78. The third kappa shape index (κ3) is 4.30. The molecule has 0 bridgehead atoms. The number of benzene rings is 4. The molecule has 0 saturated carbocycles. The molecule has 0 spiro atoms. The molecule has 2 heteroatoms. The van der Waals surface area contributed by atoms with Crippen molar-refractivity contribution in [2.45, 2.75) is 51.1 Å². The van der Waals surface area contributed by atoms with Gasteiger partial charge in [-0.3, -0.25) is 0 Å². The molecule has 1 aliphatic carbocycles. The molecule has 0 aromatic heterocycles. The zero-order chi connectivity index (χ0) is 23.4. The maximum absolute atomic E-state index is 15.5. The van der Waals surface area contributed by atoms with E-state index in [4.69, 9.17) is 0 Å². The standard InChI is InChI=1S/C32H33OP/c1-2-3-22-32(34(33,28-18-9-5-10-19-28)29-20-11-6-12-21-29)31-24-27-17-13-16-26(27)23-30(31)25-14-7-4-8-15-25/h4-12,14-15,18-21,23-24,32H,2-3,13,16-17,22H2,1H3. The van der Waals surface area contributed by atoms with Crippen LogP contribution in [0, 0.1) is 0 Å². The van der Waals surface area contributed by atoms with E-state index >= 15 is 4.57 Å². The first-order valence-corrected chi connectivity index (χ1v) is 14.4. The molecule has 5 rings (SSSR count). The fourth-order valence-electron chi connectivity index (χ4n) is 5.53. The van der Waals surface area contributed by atoms with Crippen LogP contribution >= 0.6 is 7.14 Å². The largest absolute Gasteiger partial charge is 0.313 e. The van der Waals surface area contributed by atoms with E-state index in [0.717, 1.165) is 42.7 Å². The number of aryl methyl sites for hydroxylation is 2. The molecule has 0 N–H and O–H groups in total. The second-order valence-corrected chi connectivity index (χ2v) is 12.4. The first-order chi connectivity index (χ1) is 16.7. The Morgan fingerprint density at radius 1 is 0.735 bits per heavy atom. The zero-order valence-electron chi connectivity index (χ0n) is 20.0. The minimum atomic E-state index is -2.96. The van der Waals surface area contributed by atoms with Gasteiger partial charge in [0, 0.05) is 16.3 Å². The highest BCUT2D eigenvalue weighted by atomic mass is 31.2. The van der Waals surface area contributed by atoms with Crippen LogP contribution in [0.15, 0.2) is 103 Å². The molecule has 0 heterocycles. The molecule has 4 aromatic rings. The van der Waals surface area contributed by atoms with E-state index < -0.39 is 7.14 Å². The summed E-state index contributed by atoms with van der Waals surface area (Å²) in [7, 11) is -2.96. The molecular formula is C32H33OP. The van der Waals surface area contributed by atoms with Gasteiger partial charge in [0.2, 0.25) is 0 Å². The summed E-state index contributed by atoms with van der Waals surface area (Å²) in [4.78, 5) is 0. The van der Waals surface area contributed by atoms with E-state index in [0.29, 0.717) is 0 Å². The second kappa shape index (κ2) is 10.2. The minimum absolute atomic E-state index is 0.0571. The van der Waals surface area contributed by atoms with Gasteiger partial charge in [-0.05, 0) is 53.5 Å². The summed E-state index contributed by atoms with van der Waals surface area (Å²) in [5, 5.41) is 1.92. The molecule has 0 fully saturated rings. The monoisotopic (exact) mass is 464 g/mol. The molecular weight excluding hydrogens is 431 g/mol. The van der Waals surface area contributed by atoms with E-state index in [9.17, 15) is 0 Å². The van der Waals surface area contributed by atoms with Gasteiger partial charge in [-0.2, -0.15) is 0 Å². The lowest BCUT2D eigenvalue weighted by Gasteiger charge is -2.31. The van der Waals surface area contributed by atoms with Gasteiger partial charge >= 0.3 is 0 Å². The molecule has 34 heavy (non-hydrogen) atoms. The Bertz CT molecular complexity index is 1240. The number of hydrogen-bond donors (Lipinski definition) is 0. The number of fused-ring (bicyclic) bond motifs is 1. The van der Waals surface area contributed by atoms with Crippen molar-refractivity contribution in [1.29, 1.82) is 0 Å². The van der Waals surface area contributed by atoms with E-state index in [1.165, 1.54) is 34.2 Å². The van der Waals surface area contributed by atoms with E-state index in [1.54, 1.807) is 0 Å². The van der Waals surface area contributed by atoms with Crippen molar-refractivity contribution in [3.05, 3.63) is 120 Å². The summed E-state index contributed by atoms with van der Waals surface area (Å²) in [6, 6.07) is 36.0. The van der Waals surface area contributed by atoms with Gasteiger partial charge in [-0.25, -0.2) is 0 Å². The predicted molar refractivity (Wildman–Crippen MR) is 146 cm³/mol. The van der Waals surface area contributed by atoms with Crippen molar-refractivity contribution in [3.63, 3.8) is 0 Å². The SMILES string of the molecule is CCCCC(c1cc2c(cc1-c1ccccc1)CCC2)P(=O)(c1ccccc1)c1ccccc1. The summed E-state index contributed by atoms with van der Waals surface area (Å²) in [5.74, 6) is 0. The van der Waals surface area contributed by atoms with Gasteiger partial charge in [0.1, 0.15) is 7.14 Å². The zero-order valence-corrected chi connectivity index (χ0v) is 20.9. The van der Waals surface area contributed by atoms with E-state index in [1.807, 2.05) is 36.4 Å². The third-order valence-corrected chi connectivity index (χ3v) is 10.8. The first-order valence-electron chi connectivity index (χ1n) is 12.6. The maximum Gasteiger partial charge on any atom is 0.150 e. The molecule has 172 valence electrons. The van der Waals surface area contributed by atoms with Crippen molar-refractivity contribution < 1.29 is 4.57 Å². The predicted octanol–water partition coefficient (Wildman–Crippen LogP) is 8.09. The molecule has 0 aliphatic heterocycles. The van der Waals surface area contributed by atoms with Crippen LogP contribution in [0.25, 0.3) is 11.1 Å². The summed E-state index contributed by atoms with van der Waals surface area (Å²) >= 11 is 0. The molecule has 1 atom stereocenters. The Labute approximate surface area is 204 Å². The van der Waals surface area contributed by atoms with Crippen molar-refractivity contribution in [2.24, 2.45) is 0 Å². The van der Waals surface area contributed by atoms with Crippen LogP contribution in [-0.2, 0) is 17.4 Å². The summed E-state index contributed by atoms with van der Waals surface area (Å²) < 4.78 is 15.5. The Hall–Kier alpha value is -2.89. The topological polar surface area (TPSA) is 17.1 Å². The van der Waals surface area contributed by atoms with Gasteiger partial charge < -0.3 is 4.57 Å². The number of rotatable bonds is 8. The van der Waals surface area contributed by atoms with Crippen LogP contribution in [0.3, 0.4) is 0 Å². The minimum Gasteiger partial charge on any atom is -0.313 e. The lowest BCUT2D eigenvalue weighted by atomic mass is 9.91. The highest BCUT2D eigenvalue weighted by Crippen LogP contribution is 2.61. The average molecular weight is 465 g/mol. The fraction of sp³-hybridized carbons (Fsp3) is 0.250. The highest BCUT2D eigenvalue weighted by molar-refractivity contribution is 7.79. The highest BCUT2D eigenvalue weighted by Gasteiger charge is 2.39. The van der Waals surface area contributed by atoms with Crippen LogP contribution in [0.5, 0.6) is 0 Å². The molecule has 1 aliphatic rings. The lowest BCUT2D eigenvalue weighted by Crippen LogP contribution is -2.22. The molecule has 0 radical (unpaired) electrons. The molecule has 1 nitrogen and oxygen atoms in total. The number of unbranched alkanes of at least 4 members (excludes halogenated alkanes) is 1. The van der Waals surface area contributed by atoms with E-state index in [-0.39, 0.29) is 5.66 Å². The smallest absolute Gasteiger partial charge is 0.150 e. The van der Waals surface area contributed by atoms with Gasteiger partial charge in [0.25, 0.3) is 0 Å². The summed E-state index contributed by atoms with van der Waals surface area (Å²) in [5.41, 5.74) is 6.60. The normalized spacial score (nSPS) is 14.0. The van der Waals surface area contributed by atoms with Crippen LogP contribution < -0.4 is 10.6 Å². The Kier molecular flexibility index (Phi) is 6.84. The maximum atomic E-state index is 15.5. The molecule has 1 unspecified atom stereocenters. The van der Waals surface area contributed by atoms with Crippen LogP contribution in [0.2, 0.25) is 0 Å². The van der Waals surface area contributed by atoms with Gasteiger partial charge in [-0.15, -0.1) is 0 Å². The third-order valence-electron chi connectivity index (χ3n) is 7.26. The first kappa shape index (κ1) is 22.9. The van der Waals surface area contributed by atoms with Crippen molar-refractivity contribution in [3.8, 4) is 11.1 Å². The average Bonchev–Trinajstić information content (AvgIpc) is 3.37. The number of hydrogen-bond acceptors (Lipinski definition) is 1. The second-order valence-electron chi connectivity index (χ2n) is 9.41. The molecule has 4 aromatic carbocycles. The Morgan fingerprint density at radius 3 is 1.82 bits per heavy atom. The summed E-state index contributed by atoms with van der Waals surface area (Å²) in [6.45, 7) is 2.23. The van der Waals surface area contributed by atoms with Crippen LogP contribution in [0.4, 0.5) is 0 Å². The van der Waals surface area contributed by atoms with Gasteiger partial charge in [0.05, 0.1) is 0 Å². The molecule has 0 saturated heterocycles.